The molecule has 146 valence electrons. The van der Waals surface area contributed by atoms with E-state index in [0.29, 0.717) is 12.1 Å². The molecule has 2 aromatic carbocycles. The number of rotatable bonds is 6. The van der Waals surface area contributed by atoms with Crippen molar-refractivity contribution in [1.29, 1.82) is 0 Å². The van der Waals surface area contributed by atoms with E-state index < -0.39 is 5.91 Å². The van der Waals surface area contributed by atoms with E-state index in [1.807, 2.05) is 47.2 Å². The molecule has 1 amide bonds. The first kappa shape index (κ1) is 18.6. The van der Waals surface area contributed by atoms with Crippen molar-refractivity contribution in [3.8, 4) is 0 Å². The Morgan fingerprint density at radius 2 is 1.83 bits per heavy atom. The highest BCUT2D eigenvalue weighted by atomic mass is 16.5. The van der Waals surface area contributed by atoms with Crippen molar-refractivity contribution in [2.45, 2.75) is 19.5 Å². The van der Waals surface area contributed by atoms with Crippen molar-refractivity contribution in [2.75, 3.05) is 5.32 Å². The largest absolute Gasteiger partial charge is 0.363 e. The van der Waals surface area contributed by atoms with Gasteiger partial charge in [0.1, 0.15) is 17.8 Å². The van der Waals surface area contributed by atoms with Gasteiger partial charge in [-0.3, -0.25) is 10.0 Å². The van der Waals surface area contributed by atoms with E-state index in [2.05, 4.69) is 34.3 Å². The first-order chi connectivity index (χ1) is 14.2. The van der Waals surface area contributed by atoms with Crippen molar-refractivity contribution in [3.63, 3.8) is 0 Å². The molecule has 0 spiro atoms. The normalized spacial score (nSPS) is 11.9. The number of amides is 1. The van der Waals surface area contributed by atoms with E-state index in [-0.39, 0.29) is 6.04 Å². The van der Waals surface area contributed by atoms with Crippen LogP contribution in [0.4, 0.5) is 5.82 Å². The van der Waals surface area contributed by atoms with Crippen LogP contribution in [-0.2, 0) is 6.54 Å². The summed E-state index contributed by atoms with van der Waals surface area (Å²) in [5.41, 5.74) is 5.07. The lowest BCUT2D eigenvalue weighted by Crippen LogP contribution is -2.18. The number of carbonyl (C=O) groups is 1. The van der Waals surface area contributed by atoms with Gasteiger partial charge in [0, 0.05) is 24.3 Å². The number of hydroxylamine groups is 1. The molecule has 7 nitrogen and oxygen atoms in total. The maximum atomic E-state index is 11.5. The minimum atomic E-state index is -0.529. The van der Waals surface area contributed by atoms with Gasteiger partial charge in [-0.15, -0.1) is 0 Å². The van der Waals surface area contributed by atoms with Crippen molar-refractivity contribution in [1.82, 2.24) is 20.0 Å². The quantitative estimate of drug-likeness (QED) is 0.346. The molecule has 0 radical (unpaired) electrons. The molecule has 0 unspecified atom stereocenters. The molecule has 0 aliphatic rings. The predicted molar refractivity (Wildman–Crippen MR) is 111 cm³/mol. The van der Waals surface area contributed by atoms with E-state index in [0.717, 1.165) is 22.4 Å². The molecule has 1 atom stereocenters. The third kappa shape index (κ3) is 3.95. The average Bonchev–Trinajstić information content (AvgIpc) is 3.18. The third-order valence-electron chi connectivity index (χ3n) is 4.88. The second-order valence-electron chi connectivity index (χ2n) is 6.82. The number of aromatic nitrogens is 3. The lowest BCUT2D eigenvalue weighted by Gasteiger charge is -2.15. The highest BCUT2D eigenvalue weighted by molar-refractivity contribution is 5.93. The van der Waals surface area contributed by atoms with Gasteiger partial charge in [0.15, 0.2) is 0 Å². The van der Waals surface area contributed by atoms with Gasteiger partial charge < -0.3 is 9.88 Å². The van der Waals surface area contributed by atoms with Gasteiger partial charge in [0.2, 0.25) is 0 Å². The Morgan fingerprint density at radius 3 is 2.55 bits per heavy atom. The van der Waals surface area contributed by atoms with Gasteiger partial charge in [-0.1, -0.05) is 42.5 Å². The molecule has 4 aromatic rings. The molecule has 4 rings (SSSR count). The molecule has 2 aromatic heterocycles. The summed E-state index contributed by atoms with van der Waals surface area (Å²) in [6.07, 6.45) is 3.54. The lowest BCUT2D eigenvalue weighted by atomic mass is 10.1. The van der Waals surface area contributed by atoms with Crippen LogP contribution in [0.3, 0.4) is 0 Å². The van der Waals surface area contributed by atoms with Crippen LogP contribution in [-0.4, -0.2) is 25.6 Å². The number of carbonyl (C=O) groups excluding carboxylic acids is 1. The standard InChI is InChI=1S/C22H21N5O2/c1-15(17-5-3-2-4-6-17)25-20-19-11-12-27(21(19)24-14-23-20)13-16-7-9-18(10-8-16)22(28)26-29/h2-12,14-15,29H,13H2,1H3,(H,26,28)(H,23,24,25)/t15-/m1/s1. The van der Waals surface area contributed by atoms with Crippen LogP contribution in [0.5, 0.6) is 0 Å². The fraction of sp³-hybridized carbons (Fsp3) is 0.136. The van der Waals surface area contributed by atoms with Crippen LogP contribution in [0, 0.1) is 0 Å². The number of fused-ring (bicyclic) bond motifs is 1. The minimum Gasteiger partial charge on any atom is -0.363 e. The Bertz CT molecular complexity index is 1120. The Kier molecular flexibility index (Phi) is 5.22. The van der Waals surface area contributed by atoms with Crippen molar-refractivity contribution >= 4 is 22.8 Å². The molecule has 0 aliphatic carbocycles. The second-order valence-corrected chi connectivity index (χ2v) is 6.82. The van der Waals surface area contributed by atoms with Crippen LogP contribution < -0.4 is 10.8 Å². The zero-order valence-electron chi connectivity index (χ0n) is 15.9. The molecule has 0 saturated heterocycles. The zero-order chi connectivity index (χ0) is 20.2. The molecular formula is C22H21N5O2. The topological polar surface area (TPSA) is 92.1 Å². The first-order valence-electron chi connectivity index (χ1n) is 9.30. The Balaban J connectivity index is 1.56. The maximum absolute atomic E-state index is 11.5. The van der Waals surface area contributed by atoms with E-state index in [1.165, 1.54) is 5.56 Å². The monoisotopic (exact) mass is 387 g/mol. The molecule has 0 fully saturated rings. The Labute approximate surface area is 168 Å². The van der Waals surface area contributed by atoms with Crippen LogP contribution >= 0.6 is 0 Å². The van der Waals surface area contributed by atoms with Gasteiger partial charge in [-0.05, 0) is 36.2 Å². The third-order valence-corrected chi connectivity index (χ3v) is 4.88. The second kappa shape index (κ2) is 8.12. The molecular weight excluding hydrogens is 366 g/mol. The number of nitrogens with zero attached hydrogens (tertiary/aromatic N) is 3. The molecule has 29 heavy (non-hydrogen) atoms. The van der Waals surface area contributed by atoms with Crippen LogP contribution in [0.25, 0.3) is 11.0 Å². The summed E-state index contributed by atoms with van der Waals surface area (Å²) in [5.74, 6) is 0.263. The Morgan fingerprint density at radius 1 is 1.07 bits per heavy atom. The van der Waals surface area contributed by atoms with Crippen LogP contribution in [0.2, 0.25) is 0 Å². The van der Waals surface area contributed by atoms with E-state index in [1.54, 1.807) is 23.9 Å². The molecule has 0 aliphatic heterocycles. The highest BCUT2D eigenvalue weighted by Gasteiger charge is 2.12. The summed E-state index contributed by atoms with van der Waals surface area (Å²) in [6.45, 7) is 2.71. The fourth-order valence-corrected chi connectivity index (χ4v) is 3.30. The van der Waals surface area contributed by atoms with Gasteiger partial charge in [-0.25, -0.2) is 15.4 Å². The predicted octanol–water partition coefficient (Wildman–Crippen LogP) is 3.77. The highest BCUT2D eigenvalue weighted by Crippen LogP contribution is 2.25. The number of nitrogens with one attached hydrogen (secondary N) is 2. The molecule has 7 heteroatoms. The summed E-state index contributed by atoms with van der Waals surface area (Å²) >= 11 is 0. The summed E-state index contributed by atoms with van der Waals surface area (Å²) in [4.78, 5) is 20.3. The Hall–Kier alpha value is -3.71. The molecule has 3 N–H and O–H groups in total. The maximum Gasteiger partial charge on any atom is 0.274 e. The molecule has 0 bridgehead atoms. The van der Waals surface area contributed by atoms with Crippen molar-refractivity contribution in [3.05, 3.63) is 89.9 Å². The number of benzene rings is 2. The SMILES string of the molecule is C[C@@H](Nc1ncnc2c1ccn2Cc1ccc(C(=O)NO)cc1)c1ccccc1. The smallest absolute Gasteiger partial charge is 0.274 e. The summed E-state index contributed by atoms with van der Waals surface area (Å²) in [5, 5.41) is 13.1. The van der Waals surface area contributed by atoms with Crippen LogP contribution in [0.15, 0.2) is 73.2 Å². The van der Waals surface area contributed by atoms with Gasteiger partial charge in [0.25, 0.3) is 5.91 Å². The fourth-order valence-electron chi connectivity index (χ4n) is 3.30. The van der Waals surface area contributed by atoms with Gasteiger partial charge in [0.05, 0.1) is 5.39 Å². The van der Waals surface area contributed by atoms with Crippen molar-refractivity contribution < 1.29 is 10.0 Å². The van der Waals surface area contributed by atoms with E-state index >= 15 is 0 Å². The number of anilines is 1. The summed E-state index contributed by atoms with van der Waals surface area (Å²) in [7, 11) is 0. The van der Waals surface area contributed by atoms with E-state index in [9.17, 15) is 4.79 Å². The number of hydrogen-bond acceptors (Lipinski definition) is 5. The number of hydrogen-bond donors (Lipinski definition) is 3. The summed E-state index contributed by atoms with van der Waals surface area (Å²) < 4.78 is 2.04. The molecule has 0 saturated carbocycles. The summed E-state index contributed by atoms with van der Waals surface area (Å²) in [6, 6.07) is 19.4. The van der Waals surface area contributed by atoms with Gasteiger partial charge in [-0.2, -0.15) is 0 Å². The lowest BCUT2D eigenvalue weighted by molar-refractivity contribution is 0.0706. The van der Waals surface area contributed by atoms with E-state index in [4.69, 9.17) is 5.21 Å². The van der Waals surface area contributed by atoms with Crippen molar-refractivity contribution in [2.24, 2.45) is 0 Å². The average molecular weight is 387 g/mol. The van der Waals surface area contributed by atoms with Gasteiger partial charge >= 0.3 is 0 Å². The first-order valence-corrected chi connectivity index (χ1v) is 9.30. The zero-order valence-corrected chi connectivity index (χ0v) is 15.9. The molecule has 2 heterocycles. The van der Waals surface area contributed by atoms with Crippen LogP contribution in [0.1, 0.15) is 34.5 Å². The minimum absolute atomic E-state index is 0.114.